The highest BCUT2D eigenvalue weighted by Gasteiger charge is 2.29. The summed E-state index contributed by atoms with van der Waals surface area (Å²) in [4.78, 5) is 12.4. The Morgan fingerprint density at radius 1 is 1.23 bits per heavy atom. The fourth-order valence-corrected chi connectivity index (χ4v) is 2.62. The lowest BCUT2D eigenvalue weighted by Crippen LogP contribution is -2.22. The Morgan fingerprint density at radius 3 is 2.77 bits per heavy atom. The quantitative estimate of drug-likeness (QED) is 0.901. The van der Waals surface area contributed by atoms with Crippen molar-refractivity contribution in [3.63, 3.8) is 0 Å². The van der Waals surface area contributed by atoms with Gasteiger partial charge in [0.05, 0.1) is 5.92 Å². The zero-order valence-electron chi connectivity index (χ0n) is 12.1. The normalized spacial score (nSPS) is 16.8. The predicted molar refractivity (Wildman–Crippen MR) is 82.3 cm³/mol. The lowest BCUT2D eigenvalue weighted by Gasteiger charge is -2.14. The van der Waals surface area contributed by atoms with Crippen LogP contribution in [0.25, 0.3) is 0 Å². The smallest absolute Gasteiger partial charge is 0.270 e. The first kappa shape index (κ1) is 14.5. The zero-order chi connectivity index (χ0) is 15.7. The molecule has 2 aromatic carbocycles. The molecule has 2 N–H and O–H groups in total. The van der Waals surface area contributed by atoms with Gasteiger partial charge in [-0.25, -0.2) is 8.78 Å². The highest BCUT2D eigenvalue weighted by atomic mass is 19.3. The van der Waals surface area contributed by atoms with E-state index in [0.717, 1.165) is 18.2 Å². The van der Waals surface area contributed by atoms with Crippen molar-refractivity contribution in [1.29, 1.82) is 0 Å². The van der Waals surface area contributed by atoms with Gasteiger partial charge in [0.25, 0.3) is 5.92 Å². The van der Waals surface area contributed by atoms with Gasteiger partial charge in [-0.3, -0.25) is 4.79 Å². The summed E-state index contributed by atoms with van der Waals surface area (Å²) in [5, 5.41) is 5.90. The largest absolute Gasteiger partial charge is 0.384 e. The first-order chi connectivity index (χ1) is 10.4. The van der Waals surface area contributed by atoms with E-state index >= 15 is 0 Å². The first-order valence-corrected chi connectivity index (χ1v) is 7.07. The maximum atomic E-state index is 13.3. The number of hydrogen-bond donors (Lipinski definition) is 2. The van der Waals surface area contributed by atoms with Gasteiger partial charge in [0.1, 0.15) is 0 Å². The molecule has 1 aliphatic rings. The summed E-state index contributed by atoms with van der Waals surface area (Å²) in [7, 11) is 0. The van der Waals surface area contributed by atoms with Crippen LogP contribution in [0.3, 0.4) is 0 Å². The molecule has 2 aromatic rings. The van der Waals surface area contributed by atoms with Gasteiger partial charge in [-0.2, -0.15) is 0 Å². The second-order valence-electron chi connectivity index (χ2n) is 5.48. The van der Waals surface area contributed by atoms with Crippen molar-refractivity contribution in [3.05, 3.63) is 59.7 Å². The first-order valence-electron chi connectivity index (χ1n) is 7.07. The van der Waals surface area contributed by atoms with Gasteiger partial charge < -0.3 is 10.6 Å². The summed E-state index contributed by atoms with van der Waals surface area (Å²) >= 11 is 0. The number of hydrogen-bond acceptors (Lipinski definition) is 2. The number of carbonyl (C=O) groups is 1. The zero-order valence-corrected chi connectivity index (χ0v) is 12.1. The van der Waals surface area contributed by atoms with E-state index in [1.807, 2.05) is 24.3 Å². The molecule has 3 rings (SSSR count). The molecule has 0 aliphatic carbocycles. The number of carbonyl (C=O) groups excluding carboxylic acids is 1. The molecular formula is C17H16F2N2O. The molecule has 0 spiro atoms. The molecule has 0 radical (unpaired) electrons. The van der Waals surface area contributed by atoms with Crippen LogP contribution in [0.5, 0.6) is 0 Å². The van der Waals surface area contributed by atoms with Crippen molar-refractivity contribution in [2.45, 2.75) is 18.8 Å². The third kappa shape index (κ3) is 2.79. The molecule has 0 aromatic heterocycles. The number of nitrogens with one attached hydrogen (secondary N) is 2. The standard InChI is InChI=1S/C17H16F2N2O/c1-17(18,19)11-5-4-6-12(9-11)21-16(22)14-10-20-15-8-3-2-7-13(14)15/h2-9,14,20H,10H2,1H3,(H,21,22). The molecule has 1 amide bonds. The molecule has 0 saturated heterocycles. The molecule has 1 atom stereocenters. The predicted octanol–water partition coefficient (Wildman–Crippen LogP) is 3.95. The Bertz CT molecular complexity index is 710. The van der Waals surface area contributed by atoms with Crippen LogP contribution in [-0.4, -0.2) is 12.5 Å². The van der Waals surface area contributed by atoms with Gasteiger partial charge in [0.2, 0.25) is 5.91 Å². The summed E-state index contributed by atoms with van der Waals surface area (Å²) in [6, 6.07) is 13.4. The van der Waals surface area contributed by atoms with Crippen molar-refractivity contribution in [3.8, 4) is 0 Å². The second kappa shape index (κ2) is 5.40. The minimum Gasteiger partial charge on any atom is -0.384 e. The summed E-state index contributed by atoms with van der Waals surface area (Å²) in [6.07, 6.45) is 0. The minimum atomic E-state index is -2.93. The number of benzene rings is 2. The Kier molecular flexibility index (Phi) is 3.56. The Labute approximate surface area is 127 Å². The van der Waals surface area contributed by atoms with Gasteiger partial charge in [-0.05, 0) is 23.8 Å². The average molecular weight is 302 g/mol. The van der Waals surface area contributed by atoms with E-state index in [0.29, 0.717) is 12.2 Å². The van der Waals surface area contributed by atoms with Crippen LogP contribution in [0, 0.1) is 0 Å². The summed E-state index contributed by atoms with van der Waals surface area (Å²) in [6.45, 7) is 1.35. The van der Waals surface area contributed by atoms with Gasteiger partial charge in [-0.1, -0.05) is 30.3 Å². The lowest BCUT2D eigenvalue weighted by atomic mass is 10.0. The molecule has 0 saturated carbocycles. The number of fused-ring (bicyclic) bond motifs is 1. The topological polar surface area (TPSA) is 41.1 Å². The van der Waals surface area contributed by atoms with Crippen LogP contribution in [0.4, 0.5) is 20.2 Å². The van der Waals surface area contributed by atoms with Crippen LogP contribution in [-0.2, 0) is 10.7 Å². The lowest BCUT2D eigenvalue weighted by molar-refractivity contribution is -0.117. The summed E-state index contributed by atoms with van der Waals surface area (Å²) in [5.41, 5.74) is 2.14. The van der Waals surface area contributed by atoms with Crippen molar-refractivity contribution in [1.82, 2.24) is 0 Å². The van der Waals surface area contributed by atoms with Crippen molar-refractivity contribution >= 4 is 17.3 Å². The van der Waals surface area contributed by atoms with E-state index in [-0.39, 0.29) is 17.4 Å². The molecule has 22 heavy (non-hydrogen) atoms. The highest BCUT2D eigenvalue weighted by Crippen LogP contribution is 2.33. The number of para-hydroxylation sites is 1. The van der Waals surface area contributed by atoms with E-state index in [9.17, 15) is 13.6 Å². The minimum absolute atomic E-state index is 0.116. The molecule has 1 aliphatic heterocycles. The Hall–Kier alpha value is -2.43. The van der Waals surface area contributed by atoms with Gasteiger partial charge in [-0.15, -0.1) is 0 Å². The maximum Gasteiger partial charge on any atom is 0.270 e. The maximum absolute atomic E-state index is 13.3. The SMILES string of the molecule is CC(F)(F)c1cccc(NC(=O)C2CNc3ccccc32)c1. The van der Waals surface area contributed by atoms with Crippen molar-refractivity contribution in [2.75, 3.05) is 17.2 Å². The van der Waals surface area contributed by atoms with Gasteiger partial charge in [0, 0.05) is 30.4 Å². The monoisotopic (exact) mass is 302 g/mol. The van der Waals surface area contributed by atoms with Crippen LogP contribution >= 0.6 is 0 Å². The molecular weight excluding hydrogens is 286 g/mol. The Balaban J connectivity index is 1.79. The van der Waals surface area contributed by atoms with Crippen LogP contribution in [0.2, 0.25) is 0 Å². The van der Waals surface area contributed by atoms with E-state index in [2.05, 4.69) is 10.6 Å². The average Bonchev–Trinajstić information content (AvgIpc) is 2.90. The summed E-state index contributed by atoms with van der Waals surface area (Å²) in [5.74, 6) is -3.45. The number of rotatable bonds is 3. The van der Waals surface area contributed by atoms with E-state index in [1.165, 1.54) is 18.2 Å². The number of amides is 1. The second-order valence-corrected chi connectivity index (χ2v) is 5.48. The van der Waals surface area contributed by atoms with Gasteiger partial charge >= 0.3 is 0 Å². The van der Waals surface area contributed by atoms with Crippen LogP contribution in [0.15, 0.2) is 48.5 Å². The third-order valence-electron chi connectivity index (χ3n) is 3.79. The number of halogens is 2. The van der Waals surface area contributed by atoms with Gasteiger partial charge in [0.15, 0.2) is 0 Å². The van der Waals surface area contributed by atoms with E-state index in [1.54, 1.807) is 6.07 Å². The Morgan fingerprint density at radius 2 is 2.00 bits per heavy atom. The molecule has 0 bridgehead atoms. The molecule has 1 unspecified atom stereocenters. The van der Waals surface area contributed by atoms with Crippen molar-refractivity contribution in [2.24, 2.45) is 0 Å². The molecule has 0 fully saturated rings. The molecule has 5 heteroatoms. The van der Waals surface area contributed by atoms with Crippen molar-refractivity contribution < 1.29 is 13.6 Å². The molecule has 114 valence electrons. The number of anilines is 2. The summed E-state index contributed by atoms with van der Waals surface area (Å²) < 4.78 is 26.7. The van der Waals surface area contributed by atoms with E-state index in [4.69, 9.17) is 0 Å². The molecule has 3 nitrogen and oxygen atoms in total. The fraction of sp³-hybridized carbons (Fsp3) is 0.235. The van der Waals surface area contributed by atoms with Crippen LogP contribution in [0.1, 0.15) is 24.0 Å². The van der Waals surface area contributed by atoms with Crippen LogP contribution < -0.4 is 10.6 Å². The highest BCUT2D eigenvalue weighted by molar-refractivity contribution is 5.98. The van der Waals surface area contributed by atoms with E-state index < -0.39 is 5.92 Å². The molecule has 1 heterocycles. The fourth-order valence-electron chi connectivity index (χ4n) is 2.62. The third-order valence-corrected chi connectivity index (χ3v) is 3.79. The number of alkyl halides is 2.